The first-order valence-corrected chi connectivity index (χ1v) is 8.45. The number of aryl methyl sites for hydroxylation is 1. The van der Waals surface area contributed by atoms with Gasteiger partial charge in [-0.15, -0.1) is 0 Å². The SMILES string of the molecule is CCCc1ccc(NS(=O)(=O)c2ccccc2CN)cc1. The molecular weight excluding hydrogens is 284 g/mol. The first kappa shape index (κ1) is 15.5. The van der Waals surface area contributed by atoms with E-state index in [1.807, 2.05) is 12.1 Å². The van der Waals surface area contributed by atoms with Crippen LogP contribution in [-0.2, 0) is 23.0 Å². The van der Waals surface area contributed by atoms with E-state index in [2.05, 4.69) is 11.6 Å². The van der Waals surface area contributed by atoms with E-state index in [-0.39, 0.29) is 11.4 Å². The van der Waals surface area contributed by atoms with E-state index < -0.39 is 10.0 Å². The number of anilines is 1. The zero-order chi connectivity index (χ0) is 15.3. The molecule has 0 aliphatic heterocycles. The second-order valence-corrected chi connectivity index (χ2v) is 6.52. The van der Waals surface area contributed by atoms with Crippen LogP contribution in [0, 0.1) is 0 Å². The fourth-order valence-electron chi connectivity index (χ4n) is 2.17. The maximum Gasteiger partial charge on any atom is 0.262 e. The molecular formula is C16H20N2O2S. The van der Waals surface area contributed by atoms with E-state index in [4.69, 9.17) is 5.73 Å². The number of nitrogens with one attached hydrogen (secondary N) is 1. The number of sulfonamides is 1. The minimum atomic E-state index is -3.61. The zero-order valence-corrected chi connectivity index (χ0v) is 12.9. The van der Waals surface area contributed by atoms with Crippen LogP contribution in [0.4, 0.5) is 5.69 Å². The monoisotopic (exact) mass is 304 g/mol. The Morgan fingerprint density at radius 2 is 1.71 bits per heavy atom. The molecule has 112 valence electrons. The molecule has 0 saturated carbocycles. The first-order valence-electron chi connectivity index (χ1n) is 6.96. The first-order chi connectivity index (χ1) is 10.1. The lowest BCUT2D eigenvalue weighted by atomic mass is 10.1. The molecule has 0 amide bonds. The van der Waals surface area contributed by atoms with Crippen molar-refractivity contribution in [3.63, 3.8) is 0 Å². The lowest BCUT2D eigenvalue weighted by Crippen LogP contribution is -2.16. The predicted molar refractivity (Wildman–Crippen MR) is 85.6 cm³/mol. The number of nitrogens with two attached hydrogens (primary N) is 1. The van der Waals surface area contributed by atoms with E-state index in [1.54, 1.807) is 36.4 Å². The molecule has 2 aromatic rings. The Morgan fingerprint density at radius 3 is 2.33 bits per heavy atom. The van der Waals surface area contributed by atoms with Gasteiger partial charge in [0.05, 0.1) is 4.90 Å². The molecule has 3 N–H and O–H groups in total. The molecule has 0 radical (unpaired) electrons. The summed E-state index contributed by atoms with van der Waals surface area (Å²) in [6, 6.07) is 14.2. The van der Waals surface area contributed by atoms with Crippen molar-refractivity contribution in [2.75, 3.05) is 4.72 Å². The van der Waals surface area contributed by atoms with Gasteiger partial charge in [-0.05, 0) is 35.7 Å². The van der Waals surface area contributed by atoms with Gasteiger partial charge in [-0.25, -0.2) is 8.42 Å². The van der Waals surface area contributed by atoms with E-state index in [0.29, 0.717) is 11.3 Å². The highest BCUT2D eigenvalue weighted by molar-refractivity contribution is 7.92. The van der Waals surface area contributed by atoms with Crippen molar-refractivity contribution < 1.29 is 8.42 Å². The molecule has 0 spiro atoms. The van der Waals surface area contributed by atoms with Crippen LogP contribution in [-0.4, -0.2) is 8.42 Å². The van der Waals surface area contributed by atoms with Gasteiger partial charge in [0.15, 0.2) is 0 Å². The van der Waals surface area contributed by atoms with Crippen LogP contribution >= 0.6 is 0 Å². The molecule has 0 unspecified atom stereocenters. The van der Waals surface area contributed by atoms with Crippen LogP contribution in [0.2, 0.25) is 0 Å². The Kier molecular flexibility index (Phi) is 4.98. The fourth-order valence-corrected chi connectivity index (χ4v) is 3.48. The quantitative estimate of drug-likeness (QED) is 0.862. The third kappa shape index (κ3) is 3.83. The molecule has 0 aliphatic rings. The molecule has 21 heavy (non-hydrogen) atoms. The average Bonchev–Trinajstić information content (AvgIpc) is 2.49. The van der Waals surface area contributed by atoms with Gasteiger partial charge < -0.3 is 5.73 Å². The molecule has 5 heteroatoms. The highest BCUT2D eigenvalue weighted by Crippen LogP contribution is 2.20. The number of rotatable bonds is 6. The van der Waals surface area contributed by atoms with Crippen LogP contribution in [0.25, 0.3) is 0 Å². The Morgan fingerprint density at radius 1 is 1.05 bits per heavy atom. The van der Waals surface area contributed by atoms with Crippen molar-refractivity contribution in [3.8, 4) is 0 Å². The molecule has 0 heterocycles. The van der Waals surface area contributed by atoms with Crippen LogP contribution in [0.5, 0.6) is 0 Å². The van der Waals surface area contributed by atoms with Gasteiger partial charge in [0.25, 0.3) is 10.0 Å². The van der Waals surface area contributed by atoms with Crippen LogP contribution in [0.15, 0.2) is 53.4 Å². The van der Waals surface area contributed by atoms with Gasteiger partial charge in [-0.3, -0.25) is 4.72 Å². The molecule has 0 saturated heterocycles. The highest BCUT2D eigenvalue weighted by Gasteiger charge is 2.17. The fraction of sp³-hybridized carbons (Fsp3) is 0.250. The maximum absolute atomic E-state index is 12.4. The summed E-state index contributed by atoms with van der Waals surface area (Å²) in [6.07, 6.45) is 2.05. The van der Waals surface area contributed by atoms with Gasteiger partial charge >= 0.3 is 0 Å². The minimum Gasteiger partial charge on any atom is -0.326 e. The van der Waals surface area contributed by atoms with Crippen LogP contribution < -0.4 is 10.5 Å². The molecule has 0 aromatic heterocycles. The summed E-state index contributed by atoms with van der Waals surface area (Å²) in [4.78, 5) is 0.227. The van der Waals surface area contributed by atoms with E-state index in [9.17, 15) is 8.42 Å². The summed E-state index contributed by atoms with van der Waals surface area (Å²) in [5, 5.41) is 0. The molecule has 0 atom stereocenters. The molecule has 2 rings (SSSR count). The maximum atomic E-state index is 12.4. The zero-order valence-electron chi connectivity index (χ0n) is 12.0. The second kappa shape index (κ2) is 6.74. The highest BCUT2D eigenvalue weighted by atomic mass is 32.2. The van der Waals surface area contributed by atoms with Crippen molar-refractivity contribution in [1.82, 2.24) is 0 Å². The molecule has 0 aliphatic carbocycles. The molecule has 0 bridgehead atoms. The Balaban J connectivity index is 2.24. The van der Waals surface area contributed by atoms with Crippen molar-refractivity contribution in [1.29, 1.82) is 0 Å². The normalized spacial score (nSPS) is 11.3. The number of hydrogen-bond acceptors (Lipinski definition) is 3. The Bertz CT molecular complexity index is 694. The van der Waals surface area contributed by atoms with Gasteiger partial charge in [0, 0.05) is 12.2 Å². The molecule has 2 aromatic carbocycles. The average molecular weight is 304 g/mol. The van der Waals surface area contributed by atoms with Crippen molar-refractivity contribution in [3.05, 3.63) is 59.7 Å². The lowest BCUT2D eigenvalue weighted by molar-refractivity contribution is 0.600. The Labute approximate surface area is 126 Å². The van der Waals surface area contributed by atoms with Crippen molar-refractivity contribution in [2.24, 2.45) is 5.73 Å². The van der Waals surface area contributed by atoms with Gasteiger partial charge in [-0.2, -0.15) is 0 Å². The largest absolute Gasteiger partial charge is 0.326 e. The van der Waals surface area contributed by atoms with Gasteiger partial charge in [-0.1, -0.05) is 43.7 Å². The summed E-state index contributed by atoms with van der Waals surface area (Å²) in [7, 11) is -3.61. The smallest absolute Gasteiger partial charge is 0.262 e. The van der Waals surface area contributed by atoms with Gasteiger partial charge in [0.1, 0.15) is 0 Å². The molecule has 0 fully saturated rings. The minimum absolute atomic E-state index is 0.187. The predicted octanol–water partition coefficient (Wildman–Crippen LogP) is 2.90. The standard InChI is InChI=1S/C16H20N2O2S/c1-2-5-13-8-10-15(11-9-13)18-21(19,20)16-7-4-3-6-14(16)12-17/h3-4,6-11,18H,2,5,12,17H2,1H3. The molecule has 4 nitrogen and oxygen atoms in total. The summed E-state index contributed by atoms with van der Waals surface area (Å²) in [5.41, 5.74) is 7.96. The summed E-state index contributed by atoms with van der Waals surface area (Å²) in [5.74, 6) is 0. The third-order valence-corrected chi connectivity index (χ3v) is 4.71. The Hall–Kier alpha value is -1.85. The number of benzene rings is 2. The van der Waals surface area contributed by atoms with Crippen LogP contribution in [0.3, 0.4) is 0 Å². The van der Waals surface area contributed by atoms with Crippen molar-refractivity contribution >= 4 is 15.7 Å². The topological polar surface area (TPSA) is 72.2 Å². The van der Waals surface area contributed by atoms with Crippen LogP contribution in [0.1, 0.15) is 24.5 Å². The van der Waals surface area contributed by atoms with Crippen molar-refractivity contribution in [2.45, 2.75) is 31.2 Å². The summed E-state index contributed by atoms with van der Waals surface area (Å²) in [6.45, 7) is 2.30. The summed E-state index contributed by atoms with van der Waals surface area (Å²) < 4.78 is 27.4. The van der Waals surface area contributed by atoms with E-state index in [1.165, 1.54) is 5.56 Å². The number of hydrogen-bond donors (Lipinski definition) is 2. The second-order valence-electron chi connectivity index (χ2n) is 4.86. The summed E-state index contributed by atoms with van der Waals surface area (Å²) >= 11 is 0. The van der Waals surface area contributed by atoms with E-state index >= 15 is 0 Å². The lowest BCUT2D eigenvalue weighted by Gasteiger charge is -2.11. The van der Waals surface area contributed by atoms with E-state index in [0.717, 1.165) is 12.8 Å². The van der Waals surface area contributed by atoms with Gasteiger partial charge in [0.2, 0.25) is 0 Å². The third-order valence-electron chi connectivity index (χ3n) is 3.23.